The van der Waals surface area contributed by atoms with Gasteiger partial charge in [0.2, 0.25) is 0 Å². The average molecular weight is 286 g/mol. The second kappa shape index (κ2) is 8.16. The molecule has 108 valence electrons. The fourth-order valence-corrected chi connectivity index (χ4v) is 2.95. The van der Waals surface area contributed by atoms with Crippen LogP contribution in [0.25, 0.3) is 0 Å². The maximum atomic E-state index is 11.9. The Kier molecular flexibility index (Phi) is 6.86. The Bertz CT molecular complexity index is 408. The Morgan fingerprint density at radius 2 is 2.16 bits per heavy atom. The van der Waals surface area contributed by atoms with Gasteiger partial charge in [-0.25, -0.2) is 0 Å². The van der Waals surface area contributed by atoms with Gasteiger partial charge in [-0.2, -0.15) is 0 Å². The van der Waals surface area contributed by atoms with Crippen LogP contribution in [-0.4, -0.2) is 32.6 Å². The molecule has 0 saturated heterocycles. The van der Waals surface area contributed by atoms with Crippen LogP contribution in [0.15, 0.2) is 5.16 Å². The van der Waals surface area contributed by atoms with Crippen molar-refractivity contribution >= 4 is 17.7 Å². The van der Waals surface area contributed by atoms with Gasteiger partial charge < -0.3 is 15.0 Å². The highest BCUT2D eigenvalue weighted by Crippen LogP contribution is 2.26. The molecule has 1 heterocycles. The molecule has 0 spiro atoms. The van der Waals surface area contributed by atoms with Gasteiger partial charge in [0.25, 0.3) is 0 Å². The lowest BCUT2D eigenvalue weighted by molar-refractivity contribution is -0.142. The fourth-order valence-electron chi connectivity index (χ4n) is 1.72. The third-order valence-electron chi connectivity index (χ3n) is 2.64. The third kappa shape index (κ3) is 4.21. The lowest BCUT2D eigenvalue weighted by atomic mass is 10.2. The zero-order valence-corrected chi connectivity index (χ0v) is 12.6. The quantitative estimate of drug-likeness (QED) is 0.577. The van der Waals surface area contributed by atoms with Crippen molar-refractivity contribution < 1.29 is 9.53 Å². The monoisotopic (exact) mass is 286 g/mol. The minimum absolute atomic E-state index is 0.186. The van der Waals surface area contributed by atoms with Crippen LogP contribution in [0, 0.1) is 0 Å². The highest BCUT2D eigenvalue weighted by Gasteiger charge is 2.23. The van der Waals surface area contributed by atoms with Gasteiger partial charge in [0.1, 0.15) is 11.1 Å². The zero-order chi connectivity index (χ0) is 14.3. The van der Waals surface area contributed by atoms with Gasteiger partial charge in [-0.15, -0.1) is 10.2 Å². The number of nitrogens with two attached hydrogens (primary N) is 1. The van der Waals surface area contributed by atoms with Gasteiger partial charge in [-0.05, 0) is 20.3 Å². The topological polar surface area (TPSA) is 83.0 Å². The molecule has 1 unspecified atom stereocenters. The number of carbonyl (C=O) groups is 1. The number of carbonyl (C=O) groups excluding carboxylic acids is 1. The molecule has 1 aromatic rings. The highest BCUT2D eigenvalue weighted by atomic mass is 32.2. The highest BCUT2D eigenvalue weighted by molar-refractivity contribution is 8.00. The van der Waals surface area contributed by atoms with E-state index in [4.69, 9.17) is 10.5 Å². The van der Waals surface area contributed by atoms with Crippen LogP contribution in [0.2, 0.25) is 0 Å². The SMILES string of the molecule is CCCC(Sc1nnc(CN)n1CC)C(=O)OCC. The molecule has 19 heavy (non-hydrogen) atoms. The van der Waals surface area contributed by atoms with E-state index in [0.29, 0.717) is 13.2 Å². The molecular formula is C12H22N4O2S. The first-order valence-electron chi connectivity index (χ1n) is 6.63. The van der Waals surface area contributed by atoms with E-state index in [1.165, 1.54) is 11.8 Å². The molecule has 1 rings (SSSR count). The summed E-state index contributed by atoms with van der Waals surface area (Å²) in [6.07, 6.45) is 1.68. The standard InChI is InChI=1S/C12H22N4O2S/c1-4-7-9(11(17)18-6-3)19-12-15-14-10(8-13)16(12)5-2/h9H,4-8,13H2,1-3H3. The number of nitrogens with zero attached hydrogens (tertiary/aromatic N) is 3. The molecule has 0 radical (unpaired) electrons. The van der Waals surface area contributed by atoms with E-state index in [0.717, 1.165) is 30.4 Å². The van der Waals surface area contributed by atoms with Crippen LogP contribution in [0.3, 0.4) is 0 Å². The van der Waals surface area contributed by atoms with Gasteiger partial charge in [0, 0.05) is 6.54 Å². The molecule has 0 aliphatic carbocycles. The Labute approximate surface area is 118 Å². The van der Waals surface area contributed by atoms with Crippen LogP contribution in [0.5, 0.6) is 0 Å². The van der Waals surface area contributed by atoms with E-state index in [9.17, 15) is 4.79 Å². The van der Waals surface area contributed by atoms with Crippen LogP contribution < -0.4 is 5.73 Å². The van der Waals surface area contributed by atoms with Crippen LogP contribution in [-0.2, 0) is 22.6 Å². The fraction of sp³-hybridized carbons (Fsp3) is 0.750. The minimum atomic E-state index is -0.231. The first-order valence-corrected chi connectivity index (χ1v) is 7.51. The minimum Gasteiger partial charge on any atom is -0.465 e. The first-order chi connectivity index (χ1) is 9.17. The van der Waals surface area contributed by atoms with E-state index >= 15 is 0 Å². The smallest absolute Gasteiger partial charge is 0.319 e. The summed E-state index contributed by atoms with van der Waals surface area (Å²) < 4.78 is 7.03. The van der Waals surface area contributed by atoms with Crippen molar-refractivity contribution in [1.82, 2.24) is 14.8 Å². The Morgan fingerprint density at radius 1 is 1.42 bits per heavy atom. The van der Waals surface area contributed by atoms with Crippen LogP contribution in [0.1, 0.15) is 39.4 Å². The third-order valence-corrected chi connectivity index (χ3v) is 3.87. The number of hydrogen-bond acceptors (Lipinski definition) is 6. The molecule has 0 aliphatic heterocycles. The Balaban J connectivity index is 2.83. The van der Waals surface area contributed by atoms with E-state index < -0.39 is 0 Å². The van der Waals surface area contributed by atoms with Crippen molar-refractivity contribution in [3.8, 4) is 0 Å². The number of rotatable bonds is 8. The molecule has 1 aromatic heterocycles. The second-order valence-corrected chi connectivity index (χ2v) is 5.16. The van der Waals surface area contributed by atoms with Crippen molar-refractivity contribution in [2.75, 3.05) is 6.61 Å². The van der Waals surface area contributed by atoms with Gasteiger partial charge in [0.15, 0.2) is 5.16 Å². The molecule has 7 heteroatoms. The van der Waals surface area contributed by atoms with Crippen molar-refractivity contribution in [3.05, 3.63) is 5.82 Å². The summed E-state index contributed by atoms with van der Waals surface area (Å²) >= 11 is 1.41. The number of hydrogen-bond donors (Lipinski definition) is 1. The summed E-state index contributed by atoms with van der Waals surface area (Å²) in [5.74, 6) is 0.554. The summed E-state index contributed by atoms with van der Waals surface area (Å²) in [4.78, 5) is 11.9. The molecule has 0 aliphatic rings. The van der Waals surface area contributed by atoms with E-state index in [-0.39, 0.29) is 11.2 Å². The molecule has 0 aromatic carbocycles. The van der Waals surface area contributed by atoms with Crippen molar-refractivity contribution in [3.63, 3.8) is 0 Å². The Morgan fingerprint density at radius 3 is 2.68 bits per heavy atom. The van der Waals surface area contributed by atoms with E-state index in [1.54, 1.807) is 0 Å². The molecule has 1 atom stereocenters. The van der Waals surface area contributed by atoms with Gasteiger partial charge in [-0.1, -0.05) is 25.1 Å². The summed E-state index contributed by atoms with van der Waals surface area (Å²) in [5, 5.41) is 8.65. The predicted molar refractivity (Wildman–Crippen MR) is 74.8 cm³/mol. The maximum absolute atomic E-state index is 11.9. The van der Waals surface area contributed by atoms with E-state index in [2.05, 4.69) is 10.2 Å². The second-order valence-electron chi connectivity index (χ2n) is 3.99. The largest absolute Gasteiger partial charge is 0.465 e. The van der Waals surface area contributed by atoms with Crippen molar-refractivity contribution in [1.29, 1.82) is 0 Å². The average Bonchev–Trinajstić information content (AvgIpc) is 2.80. The Hall–Kier alpha value is -1.08. The molecule has 6 nitrogen and oxygen atoms in total. The van der Waals surface area contributed by atoms with Crippen molar-refractivity contribution in [2.45, 2.75) is 57.1 Å². The zero-order valence-electron chi connectivity index (χ0n) is 11.8. The lowest BCUT2D eigenvalue weighted by Crippen LogP contribution is -2.21. The predicted octanol–water partition coefficient (Wildman–Crippen LogP) is 1.58. The number of thioether (sulfide) groups is 1. The van der Waals surface area contributed by atoms with Gasteiger partial charge >= 0.3 is 5.97 Å². The molecular weight excluding hydrogens is 264 g/mol. The number of ether oxygens (including phenoxy) is 1. The normalized spacial score (nSPS) is 12.4. The van der Waals surface area contributed by atoms with Gasteiger partial charge in [-0.3, -0.25) is 4.79 Å². The lowest BCUT2D eigenvalue weighted by Gasteiger charge is -2.14. The first kappa shape index (κ1) is 16.0. The van der Waals surface area contributed by atoms with Gasteiger partial charge in [0.05, 0.1) is 13.2 Å². The molecule has 0 amide bonds. The molecule has 0 bridgehead atoms. The van der Waals surface area contributed by atoms with Crippen molar-refractivity contribution in [2.24, 2.45) is 5.73 Å². The summed E-state index contributed by atoms with van der Waals surface area (Å²) in [5.41, 5.74) is 5.61. The van der Waals surface area contributed by atoms with E-state index in [1.807, 2.05) is 25.3 Å². The molecule has 2 N–H and O–H groups in total. The summed E-state index contributed by atoms with van der Waals surface area (Å²) in [6, 6.07) is 0. The molecule has 0 saturated carbocycles. The number of esters is 1. The maximum Gasteiger partial charge on any atom is 0.319 e. The van der Waals surface area contributed by atoms with Crippen LogP contribution >= 0.6 is 11.8 Å². The molecule has 0 fully saturated rings. The summed E-state index contributed by atoms with van der Waals surface area (Å²) in [6.45, 7) is 7.35. The van der Waals surface area contributed by atoms with Crippen LogP contribution in [0.4, 0.5) is 0 Å². The summed E-state index contributed by atoms with van der Waals surface area (Å²) in [7, 11) is 0. The number of aromatic nitrogens is 3.